The predicted molar refractivity (Wildman–Crippen MR) is 100 cm³/mol. The van der Waals surface area contributed by atoms with Crippen molar-refractivity contribution < 1.29 is 42.2 Å². The summed E-state index contributed by atoms with van der Waals surface area (Å²) in [6.45, 7) is 5.53. The summed E-state index contributed by atoms with van der Waals surface area (Å²) in [5.74, 6) is -4.11. The fraction of sp³-hybridized carbons (Fsp3) is 0.800. The molecule has 4 aliphatic carbocycles. The van der Waals surface area contributed by atoms with E-state index in [4.69, 9.17) is 8.92 Å². The molecule has 1 aliphatic heterocycles. The summed E-state index contributed by atoms with van der Waals surface area (Å²) >= 11 is 0. The molecule has 0 radical (unpaired) electrons. The standard InChI is InChI=1S/C20H26O9S/c1-9-6-18-8-19(9,29-30(3,26)27)5-4-11(18)20-7-10(21)14(22)17(2,16(25)28-20)13(20)12(18)15(23)24/h10-14,21-22H,1,4-8H2,2-3H3,(H,23,24)/t10-,11+,12+,13+,14-,17-,18-,19-,20+/m0/s1. The van der Waals surface area contributed by atoms with Crippen molar-refractivity contribution in [3.63, 3.8) is 0 Å². The lowest BCUT2D eigenvalue weighted by Crippen LogP contribution is -2.59. The summed E-state index contributed by atoms with van der Waals surface area (Å²) < 4.78 is 35.3. The Labute approximate surface area is 174 Å². The third-order valence-electron chi connectivity index (χ3n) is 8.85. The first-order valence-corrected chi connectivity index (χ1v) is 12.0. The van der Waals surface area contributed by atoms with Gasteiger partial charge < -0.3 is 20.1 Å². The molecule has 5 fully saturated rings. The fourth-order valence-electron chi connectivity index (χ4n) is 8.11. The van der Waals surface area contributed by atoms with E-state index < -0.39 is 74.1 Å². The van der Waals surface area contributed by atoms with Crippen molar-refractivity contribution in [3.8, 4) is 0 Å². The lowest BCUT2D eigenvalue weighted by molar-refractivity contribution is -0.164. The average molecular weight is 442 g/mol. The highest BCUT2D eigenvalue weighted by Crippen LogP contribution is 2.78. The van der Waals surface area contributed by atoms with Crippen molar-refractivity contribution in [1.82, 2.24) is 0 Å². The number of hydrogen-bond donors (Lipinski definition) is 3. The number of carboxylic acids is 1. The summed E-state index contributed by atoms with van der Waals surface area (Å²) in [5.41, 5.74) is -4.34. The van der Waals surface area contributed by atoms with Gasteiger partial charge in [0.1, 0.15) is 16.6 Å². The van der Waals surface area contributed by atoms with Crippen LogP contribution in [-0.4, -0.2) is 65.3 Å². The molecule has 4 saturated carbocycles. The van der Waals surface area contributed by atoms with Gasteiger partial charge in [-0.15, -0.1) is 0 Å². The van der Waals surface area contributed by atoms with Crippen LogP contribution in [0.1, 0.15) is 39.0 Å². The Hall–Kier alpha value is -1.49. The largest absolute Gasteiger partial charge is 0.481 e. The van der Waals surface area contributed by atoms with Crippen molar-refractivity contribution in [1.29, 1.82) is 0 Å². The molecule has 5 aliphatic rings. The Kier molecular flexibility index (Phi) is 3.71. The molecule has 1 saturated heterocycles. The Morgan fingerprint density at radius 3 is 2.60 bits per heavy atom. The zero-order valence-electron chi connectivity index (χ0n) is 16.8. The van der Waals surface area contributed by atoms with E-state index in [-0.39, 0.29) is 19.3 Å². The molecule has 3 N–H and O–H groups in total. The number of aliphatic hydroxyl groups is 2. The molecule has 0 unspecified atom stereocenters. The maximum atomic E-state index is 12.9. The number of esters is 1. The molecule has 9 nitrogen and oxygen atoms in total. The second kappa shape index (κ2) is 5.46. The third-order valence-corrected chi connectivity index (χ3v) is 9.48. The van der Waals surface area contributed by atoms with Gasteiger partial charge >= 0.3 is 11.9 Å². The summed E-state index contributed by atoms with van der Waals surface area (Å²) in [5, 5.41) is 31.6. The van der Waals surface area contributed by atoms with E-state index >= 15 is 0 Å². The van der Waals surface area contributed by atoms with Gasteiger partial charge in [-0.2, -0.15) is 8.42 Å². The molecule has 5 rings (SSSR count). The zero-order chi connectivity index (χ0) is 22.1. The van der Waals surface area contributed by atoms with Crippen molar-refractivity contribution in [2.45, 2.75) is 62.4 Å². The molecular weight excluding hydrogens is 416 g/mol. The van der Waals surface area contributed by atoms with Crippen LogP contribution >= 0.6 is 0 Å². The van der Waals surface area contributed by atoms with Crippen LogP contribution in [0.5, 0.6) is 0 Å². The van der Waals surface area contributed by atoms with E-state index in [1.54, 1.807) is 0 Å². The molecular formula is C20H26O9S. The Morgan fingerprint density at radius 1 is 1.33 bits per heavy atom. The number of hydrogen-bond acceptors (Lipinski definition) is 8. The molecule has 1 spiro atoms. The first-order chi connectivity index (χ1) is 13.7. The molecule has 4 bridgehead atoms. The predicted octanol–water partition coefficient (Wildman–Crippen LogP) is 0.206. The van der Waals surface area contributed by atoms with Gasteiger partial charge in [-0.05, 0) is 43.6 Å². The topological polar surface area (TPSA) is 147 Å². The molecule has 1 heterocycles. The van der Waals surface area contributed by atoms with E-state index in [0.717, 1.165) is 6.26 Å². The molecule has 0 aromatic rings. The molecule has 0 amide bonds. The second-order valence-electron chi connectivity index (χ2n) is 10.2. The minimum absolute atomic E-state index is 0.0389. The molecule has 30 heavy (non-hydrogen) atoms. The van der Waals surface area contributed by atoms with Gasteiger partial charge in [-0.1, -0.05) is 6.58 Å². The van der Waals surface area contributed by atoms with Gasteiger partial charge in [0, 0.05) is 18.3 Å². The van der Waals surface area contributed by atoms with Crippen LogP contribution in [0.4, 0.5) is 0 Å². The Morgan fingerprint density at radius 2 is 2.00 bits per heavy atom. The van der Waals surface area contributed by atoms with Gasteiger partial charge in [-0.25, -0.2) is 0 Å². The Bertz CT molecular complexity index is 990. The van der Waals surface area contributed by atoms with E-state index in [0.29, 0.717) is 18.4 Å². The summed E-state index contributed by atoms with van der Waals surface area (Å²) in [7, 11) is -3.82. The van der Waals surface area contributed by atoms with E-state index in [2.05, 4.69) is 6.58 Å². The number of aliphatic carboxylic acids is 1. The fourth-order valence-corrected chi connectivity index (χ4v) is 8.95. The van der Waals surface area contributed by atoms with Crippen LogP contribution in [0.25, 0.3) is 0 Å². The SMILES string of the molecule is C=C1C[C@]23C[C@@]1(OS(C)(=O)=O)CC[C@H]2[C@@]12C[C@H](O)[C@H](O)[C@@](C)(C(=O)O1)[C@H]2[C@@H]3C(=O)O. The normalized spacial score (nSPS) is 53.9. The first kappa shape index (κ1) is 20.4. The highest BCUT2D eigenvalue weighted by Gasteiger charge is 2.85. The van der Waals surface area contributed by atoms with E-state index in [1.165, 1.54) is 6.92 Å². The van der Waals surface area contributed by atoms with Gasteiger partial charge in [0.25, 0.3) is 10.1 Å². The highest BCUT2D eigenvalue weighted by molar-refractivity contribution is 7.86. The van der Waals surface area contributed by atoms with Crippen LogP contribution < -0.4 is 0 Å². The monoisotopic (exact) mass is 442 g/mol. The lowest BCUT2D eigenvalue weighted by atomic mass is 9.58. The van der Waals surface area contributed by atoms with Crippen LogP contribution in [0, 0.1) is 28.6 Å². The van der Waals surface area contributed by atoms with E-state index in [1.807, 2.05) is 0 Å². The highest BCUT2D eigenvalue weighted by atomic mass is 32.2. The quantitative estimate of drug-likeness (QED) is 0.317. The van der Waals surface area contributed by atoms with Crippen molar-refractivity contribution in [3.05, 3.63) is 12.2 Å². The van der Waals surface area contributed by atoms with Gasteiger partial charge in [-0.3, -0.25) is 13.8 Å². The lowest BCUT2D eigenvalue weighted by Gasteiger charge is -2.47. The molecule has 9 atom stereocenters. The molecule has 0 aromatic heterocycles. The minimum Gasteiger partial charge on any atom is -0.481 e. The second-order valence-corrected chi connectivity index (χ2v) is 11.8. The molecule has 0 aromatic carbocycles. The maximum Gasteiger partial charge on any atom is 0.315 e. The first-order valence-electron chi connectivity index (χ1n) is 10.1. The average Bonchev–Trinajstić information content (AvgIpc) is 3.03. The number of rotatable bonds is 3. The van der Waals surface area contributed by atoms with Crippen molar-refractivity contribution in [2.75, 3.05) is 6.26 Å². The maximum absolute atomic E-state index is 12.9. The van der Waals surface area contributed by atoms with E-state index in [9.17, 15) is 33.3 Å². The number of carboxylic acid groups (broad SMARTS) is 1. The van der Waals surface area contributed by atoms with Crippen molar-refractivity contribution >= 4 is 22.1 Å². The number of ether oxygens (including phenoxy) is 1. The summed E-state index contributed by atoms with van der Waals surface area (Å²) in [6.07, 6.45) is -0.668. The van der Waals surface area contributed by atoms with Crippen LogP contribution in [0.3, 0.4) is 0 Å². The number of carbonyl (C=O) groups excluding carboxylic acids is 1. The Balaban J connectivity index is 1.71. The summed E-state index contributed by atoms with van der Waals surface area (Å²) in [4.78, 5) is 25.5. The number of fused-ring (bicyclic) bond motifs is 1. The van der Waals surface area contributed by atoms with Gasteiger partial charge in [0.05, 0.1) is 24.4 Å². The third kappa shape index (κ3) is 2.06. The van der Waals surface area contributed by atoms with Crippen LogP contribution in [0.2, 0.25) is 0 Å². The van der Waals surface area contributed by atoms with Gasteiger partial charge in [0.2, 0.25) is 0 Å². The van der Waals surface area contributed by atoms with Crippen LogP contribution in [-0.2, 0) is 28.6 Å². The molecule has 10 heteroatoms. The smallest absolute Gasteiger partial charge is 0.315 e. The van der Waals surface area contributed by atoms with Crippen molar-refractivity contribution in [2.24, 2.45) is 28.6 Å². The zero-order valence-corrected chi connectivity index (χ0v) is 17.6. The molecule has 166 valence electrons. The van der Waals surface area contributed by atoms with Crippen LogP contribution in [0.15, 0.2) is 12.2 Å². The number of carbonyl (C=O) groups is 2. The minimum atomic E-state index is -3.82. The summed E-state index contributed by atoms with van der Waals surface area (Å²) in [6, 6.07) is 0. The van der Waals surface area contributed by atoms with Gasteiger partial charge in [0.15, 0.2) is 0 Å². The number of aliphatic hydroxyl groups excluding tert-OH is 2.